The van der Waals surface area contributed by atoms with Crippen LogP contribution in [-0.4, -0.2) is 22.5 Å². The van der Waals surface area contributed by atoms with Crippen LogP contribution in [0.4, 0.5) is 0 Å². The molecule has 0 aromatic heterocycles. The zero-order chi connectivity index (χ0) is 10.2. The molecule has 2 aliphatic heterocycles. The third-order valence-corrected chi connectivity index (χ3v) is 3.96. The Hall–Kier alpha value is -0.0400. The lowest BCUT2D eigenvalue weighted by molar-refractivity contribution is 0.00342. The van der Waals surface area contributed by atoms with Crippen molar-refractivity contribution >= 4 is 0 Å². The standard InChI is InChI=1S/C13H25N/c1-13(2,3)14-11-7-4-5-8-12(14)10-6-9-11/h11-12H,4-10H2,1-3H3. The van der Waals surface area contributed by atoms with Crippen LogP contribution in [0.1, 0.15) is 65.7 Å². The normalized spacial score (nSPS) is 35.4. The van der Waals surface area contributed by atoms with Gasteiger partial charge in [-0.25, -0.2) is 0 Å². The van der Waals surface area contributed by atoms with E-state index in [1.54, 1.807) is 0 Å². The summed E-state index contributed by atoms with van der Waals surface area (Å²) in [5.74, 6) is 0. The van der Waals surface area contributed by atoms with Gasteiger partial charge in [0, 0.05) is 17.6 Å². The molecule has 2 unspecified atom stereocenters. The summed E-state index contributed by atoms with van der Waals surface area (Å²) in [5.41, 5.74) is 0.389. The average molecular weight is 195 g/mol. The molecule has 1 nitrogen and oxygen atoms in total. The highest BCUT2D eigenvalue weighted by Crippen LogP contribution is 2.37. The summed E-state index contributed by atoms with van der Waals surface area (Å²) < 4.78 is 0. The molecule has 82 valence electrons. The maximum Gasteiger partial charge on any atom is 0.0130 e. The Bertz CT molecular complexity index is 178. The Morgan fingerprint density at radius 1 is 0.786 bits per heavy atom. The molecule has 14 heavy (non-hydrogen) atoms. The second kappa shape index (κ2) is 3.84. The van der Waals surface area contributed by atoms with Crippen molar-refractivity contribution in [1.29, 1.82) is 0 Å². The van der Waals surface area contributed by atoms with E-state index < -0.39 is 0 Å². The topological polar surface area (TPSA) is 3.24 Å². The van der Waals surface area contributed by atoms with E-state index in [9.17, 15) is 0 Å². The first-order valence-electron chi connectivity index (χ1n) is 6.37. The fourth-order valence-corrected chi connectivity index (χ4v) is 3.59. The second-order valence-electron chi connectivity index (χ2n) is 6.10. The molecule has 2 saturated heterocycles. The van der Waals surface area contributed by atoms with Gasteiger partial charge in [0.15, 0.2) is 0 Å². The van der Waals surface area contributed by atoms with E-state index in [0.717, 1.165) is 12.1 Å². The van der Waals surface area contributed by atoms with Crippen molar-refractivity contribution in [2.24, 2.45) is 0 Å². The quantitative estimate of drug-likeness (QED) is 0.571. The molecule has 0 aliphatic carbocycles. The summed E-state index contributed by atoms with van der Waals surface area (Å²) in [5, 5.41) is 0. The smallest absolute Gasteiger partial charge is 0.0130 e. The lowest BCUT2D eigenvalue weighted by Crippen LogP contribution is -2.55. The van der Waals surface area contributed by atoms with Gasteiger partial charge in [-0.1, -0.05) is 19.3 Å². The molecule has 0 aromatic carbocycles. The predicted octanol–water partition coefficient (Wildman–Crippen LogP) is 3.58. The molecule has 2 bridgehead atoms. The van der Waals surface area contributed by atoms with Gasteiger partial charge in [-0.2, -0.15) is 0 Å². The highest BCUT2D eigenvalue weighted by Gasteiger charge is 2.38. The summed E-state index contributed by atoms with van der Waals surface area (Å²) in [7, 11) is 0. The SMILES string of the molecule is CC(C)(C)N1C2CCCCC1CCC2. The summed E-state index contributed by atoms with van der Waals surface area (Å²) in [4.78, 5) is 2.84. The number of fused-ring (bicyclic) bond motifs is 2. The van der Waals surface area contributed by atoms with Crippen molar-refractivity contribution in [3.05, 3.63) is 0 Å². The largest absolute Gasteiger partial charge is 0.293 e. The molecule has 2 fully saturated rings. The number of nitrogens with zero attached hydrogens (tertiary/aromatic N) is 1. The first kappa shape index (κ1) is 10.5. The Morgan fingerprint density at radius 3 is 1.64 bits per heavy atom. The van der Waals surface area contributed by atoms with Crippen molar-refractivity contribution in [3.63, 3.8) is 0 Å². The van der Waals surface area contributed by atoms with E-state index in [2.05, 4.69) is 25.7 Å². The summed E-state index contributed by atoms with van der Waals surface area (Å²) >= 11 is 0. The highest BCUT2D eigenvalue weighted by atomic mass is 15.2. The van der Waals surface area contributed by atoms with Gasteiger partial charge in [-0.15, -0.1) is 0 Å². The summed E-state index contributed by atoms with van der Waals surface area (Å²) in [6, 6.07) is 1.80. The third kappa shape index (κ3) is 1.98. The Balaban J connectivity index is 2.18. The molecule has 2 heterocycles. The van der Waals surface area contributed by atoms with Gasteiger partial charge in [0.2, 0.25) is 0 Å². The lowest BCUT2D eigenvalue weighted by Gasteiger charge is -2.49. The van der Waals surface area contributed by atoms with Gasteiger partial charge in [-0.3, -0.25) is 4.90 Å². The third-order valence-electron chi connectivity index (χ3n) is 3.96. The molecule has 0 spiro atoms. The van der Waals surface area contributed by atoms with Crippen LogP contribution in [0, 0.1) is 0 Å². The average Bonchev–Trinajstić information content (AvgIpc) is 2.22. The monoisotopic (exact) mass is 195 g/mol. The van der Waals surface area contributed by atoms with Gasteiger partial charge >= 0.3 is 0 Å². The van der Waals surface area contributed by atoms with Crippen LogP contribution in [0.2, 0.25) is 0 Å². The minimum absolute atomic E-state index is 0.389. The Morgan fingerprint density at radius 2 is 1.21 bits per heavy atom. The van der Waals surface area contributed by atoms with Crippen molar-refractivity contribution in [2.45, 2.75) is 83.3 Å². The van der Waals surface area contributed by atoms with Crippen molar-refractivity contribution < 1.29 is 0 Å². The molecule has 0 N–H and O–H groups in total. The molecule has 2 rings (SSSR count). The second-order valence-corrected chi connectivity index (χ2v) is 6.10. The van der Waals surface area contributed by atoms with Crippen molar-refractivity contribution in [2.75, 3.05) is 0 Å². The van der Waals surface area contributed by atoms with Gasteiger partial charge in [0.25, 0.3) is 0 Å². The highest BCUT2D eigenvalue weighted by molar-refractivity contribution is 4.93. The van der Waals surface area contributed by atoms with Crippen molar-refractivity contribution in [1.82, 2.24) is 4.90 Å². The molecular formula is C13H25N. The van der Waals surface area contributed by atoms with E-state index in [0.29, 0.717) is 5.54 Å². The van der Waals surface area contributed by atoms with Crippen LogP contribution in [0.25, 0.3) is 0 Å². The van der Waals surface area contributed by atoms with Crippen LogP contribution < -0.4 is 0 Å². The van der Waals surface area contributed by atoms with Gasteiger partial charge < -0.3 is 0 Å². The molecule has 0 radical (unpaired) electrons. The zero-order valence-electron chi connectivity index (χ0n) is 10.1. The van der Waals surface area contributed by atoms with E-state index in [1.807, 2.05) is 0 Å². The number of hydrogen-bond acceptors (Lipinski definition) is 1. The van der Waals surface area contributed by atoms with Crippen LogP contribution in [0.5, 0.6) is 0 Å². The molecule has 0 amide bonds. The molecule has 2 atom stereocenters. The van der Waals surface area contributed by atoms with Crippen LogP contribution >= 0.6 is 0 Å². The molecule has 1 heteroatoms. The van der Waals surface area contributed by atoms with E-state index in [1.165, 1.54) is 44.9 Å². The van der Waals surface area contributed by atoms with Crippen LogP contribution in [0.15, 0.2) is 0 Å². The number of piperidine rings is 1. The van der Waals surface area contributed by atoms with E-state index in [-0.39, 0.29) is 0 Å². The summed E-state index contributed by atoms with van der Waals surface area (Å²) in [6.07, 6.45) is 10.2. The van der Waals surface area contributed by atoms with Gasteiger partial charge in [0.1, 0.15) is 0 Å². The molecule has 2 aliphatic rings. The van der Waals surface area contributed by atoms with E-state index in [4.69, 9.17) is 0 Å². The summed E-state index contributed by atoms with van der Waals surface area (Å²) in [6.45, 7) is 7.18. The first-order chi connectivity index (χ1) is 6.59. The number of hydrogen-bond donors (Lipinski definition) is 0. The van der Waals surface area contributed by atoms with Gasteiger partial charge in [0.05, 0.1) is 0 Å². The van der Waals surface area contributed by atoms with Crippen LogP contribution in [-0.2, 0) is 0 Å². The minimum Gasteiger partial charge on any atom is -0.293 e. The van der Waals surface area contributed by atoms with Gasteiger partial charge in [-0.05, 0) is 46.5 Å². The first-order valence-corrected chi connectivity index (χ1v) is 6.37. The number of rotatable bonds is 0. The maximum absolute atomic E-state index is 2.84. The zero-order valence-corrected chi connectivity index (χ0v) is 10.1. The molecule has 0 aromatic rings. The lowest BCUT2D eigenvalue weighted by atomic mass is 9.88. The Kier molecular flexibility index (Phi) is 2.88. The maximum atomic E-state index is 2.84. The Labute approximate surface area is 88.9 Å². The molecule has 0 saturated carbocycles. The van der Waals surface area contributed by atoms with E-state index >= 15 is 0 Å². The fraction of sp³-hybridized carbons (Fsp3) is 1.00. The predicted molar refractivity (Wildman–Crippen MR) is 61.5 cm³/mol. The fourth-order valence-electron chi connectivity index (χ4n) is 3.59. The van der Waals surface area contributed by atoms with Crippen LogP contribution in [0.3, 0.4) is 0 Å². The minimum atomic E-state index is 0.389. The van der Waals surface area contributed by atoms with Crippen molar-refractivity contribution in [3.8, 4) is 0 Å². The molecular weight excluding hydrogens is 170 g/mol.